The molecule has 2 nitrogen and oxygen atoms in total. The molecule has 0 aromatic rings. The molecule has 0 amide bonds. The van der Waals surface area contributed by atoms with Crippen molar-refractivity contribution >= 4 is 0 Å². The minimum Gasteiger partial charge on any atom is -0.393 e. The van der Waals surface area contributed by atoms with E-state index < -0.39 is 0 Å². The highest BCUT2D eigenvalue weighted by Crippen LogP contribution is 2.94. The molecule has 0 heterocycles. The summed E-state index contributed by atoms with van der Waals surface area (Å²) in [6.45, 7) is 9.06. The monoisotopic (exact) mass is 236 g/mol. The lowest BCUT2D eigenvalue weighted by molar-refractivity contribution is -0.181. The van der Waals surface area contributed by atoms with Crippen LogP contribution in [0.3, 0.4) is 0 Å². The molecule has 0 aliphatic heterocycles. The number of aliphatic hydroxyl groups is 2. The summed E-state index contributed by atoms with van der Waals surface area (Å²) in [5, 5.41) is 21.3. The normalized spacial score (nSPS) is 70.2. The van der Waals surface area contributed by atoms with Crippen LogP contribution in [0.5, 0.6) is 0 Å². The highest BCUT2D eigenvalue weighted by Gasteiger charge is 2.93. The van der Waals surface area contributed by atoms with E-state index in [1.807, 2.05) is 0 Å². The fraction of sp³-hybridized carbons (Fsp3) is 1.00. The second-order valence-electron chi connectivity index (χ2n) is 8.22. The van der Waals surface area contributed by atoms with Gasteiger partial charge >= 0.3 is 0 Å². The molecule has 7 atom stereocenters. The Hall–Kier alpha value is -0.0800. The van der Waals surface area contributed by atoms with Crippen molar-refractivity contribution in [1.29, 1.82) is 0 Å². The Labute approximate surface area is 103 Å². The van der Waals surface area contributed by atoms with Crippen LogP contribution >= 0.6 is 0 Å². The van der Waals surface area contributed by atoms with E-state index in [-0.39, 0.29) is 33.9 Å². The van der Waals surface area contributed by atoms with Crippen molar-refractivity contribution in [3.63, 3.8) is 0 Å². The predicted octanol–water partition coefficient (Wildman–Crippen LogP) is 2.19. The molecule has 2 heteroatoms. The second-order valence-corrected chi connectivity index (χ2v) is 8.22. The molecule has 96 valence electrons. The molecule has 17 heavy (non-hydrogen) atoms. The minimum absolute atomic E-state index is 0.0260. The van der Waals surface area contributed by atoms with Crippen LogP contribution in [0, 0.1) is 33.5 Å². The lowest BCUT2D eigenvalue weighted by Gasteiger charge is -2.59. The maximum atomic E-state index is 10.9. The number of hydrogen-bond acceptors (Lipinski definition) is 2. The van der Waals surface area contributed by atoms with Gasteiger partial charge in [0.15, 0.2) is 0 Å². The first-order valence-corrected chi connectivity index (χ1v) is 7.11. The average molecular weight is 236 g/mol. The van der Waals surface area contributed by atoms with Crippen LogP contribution in [0.2, 0.25) is 0 Å². The maximum absolute atomic E-state index is 10.9. The number of rotatable bonds is 0. The minimum atomic E-state index is -0.245. The number of hydrogen-bond donors (Lipinski definition) is 2. The molecule has 5 aliphatic rings. The molecule has 0 saturated heterocycles. The van der Waals surface area contributed by atoms with Crippen molar-refractivity contribution in [2.75, 3.05) is 0 Å². The molecular weight excluding hydrogens is 212 g/mol. The van der Waals surface area contributed by atoms with Crippen molar-refractivity contribution in [2.24, 2.45) is 33.5 Å². The van der Waals surface area contributed by atoms with E-state index in [1.54, 1.807) is 0 Å². The lowest BCUT2D eigenvalue weighted by Crippen LogP contribution is -2.59. The van der Waals surface area contributed by atoms with Crippen LogP contribution in [-0.2, 0) is 0 Å². The highest BCUT2D eigenvalue weighted by atomic mass is 16.3. The van der Waals surface area contributed by atoms with Gasteiger partial charge in [0, 0.05) is 10.8 Å². The Bertz CT molecular complexity index is 417. The third kappa shape index (κ3) is 0.689. The SMILES string of the molecule is CC12C3C[C@@]4([C@H]1O)C(C)(C)[C@@H](O)CC[C@]4(C)[C@@H]32. The van der Waals surface area contributed by atoms with Crippen molar-refractivity contribution < 1.29 is 10.2 Å². The molecule has 0 radical (unpaired) electrons. The lowest BCUT2D eigenvalue weighted by atomic mass is 9.47. The van der Waals surface area contributed by atoms with E-state index in [9.17, 15) is 10.2 Å². The summed E-state index contributed by atoms with van der Waals surface area (Å²) in [5.74, 6) is 1.45. The van der Waals surface area contributed by atoms with E-state index in [1.165, 1.54) is 0 Å². The molecule has 2 N–H and O–H groups in total. The molecule has 5 aliphatic carbocycles. The first-order chi connectivity index (χ1) is 7.74. The van der Waals surface area contributed by atoms with Gasteiger partial charge < -0.3 is 10.2 Å². The first kappa shape index (κ1) is 10.8. The smallest absolute Gasteiger partial charge is 0.0667 e. The van der Waals surface area contributed by atoms with E-state index >= 15 is 0 Å². The summed E-state index contributed by atoms with van der Waals surface area (Å²) < 4.78 is 0. The van der Waals surface area contributed by atoms with Crippen LogP contribution in [0.15, 0.2) is 0 Å². The molecule has 5 rings (SSSR count). The van der Waals surface area contributed by atoms with Crippen molar-refractivity contribution in [3.05, 3.63) is 0 Å². The summed E-state index contributed by atoms with van der Waals surface area (Å²) in [6, 6.07) is 0. The van der Waals surface area contributed by atoms with Crippen molar-refractivity contribution in [2.45, 2.75) is 59.2 Å². The van der Waals surface area contributed by atoms with E-state index in [0.29, 0.717) is 0 Å². The summed E-state index contributed by atoms with van der Waals surface area (Å²) in [4.78, 5) is 0. The van der Waals surface area contributed by atoms with Gasteiger partial charge in [0.1, 0.15) is 0 Å². The zero-order valence-corrected chi connectivity index (χ0v) is 11.3. The second kappa shape index (κ2) is 2.34. The van der Waals surface area contributed by atoms with Crippen LogP contribution in [0.4, 0.5) is 0 Å². The van der Waals surface area contributed by atoms with Crippen LogP contribution in [0.25, 0.3) is 0 Å². The Balaban J connectivity index is 1.96. The Morgan fingerprint density at radius 1 is 1.06 bits per heavy atom. The van der Waals surface area contributed by atoms with Crippen molar-refractivity contribution in [1.82, 2.24) is 0 Å². The van der Waals surface area contributed by atoms with Gasteiger partial charge in [-0.25, -0.2) is 0 Å². The van der Waals surface area contributed by atoms with Gasteiger partial charge in [-0.15, -0.1) is 0 Å². The van der Waals surface area contributed by atoms with Gasteiger partial charge in [-0.1, -0.05) is 27.7 Å². The molecule has 0 aromatic heterocycles. The molecule has 0 aromatic carbocycles. The highest BCUT2D eigenvalue weighted by molar-refractivity contribution is 5.40. The molecule has 5 saturated carbocycles. The maximum Gasteiger partial charge on any atom is 0.0667 e. The third-order valence-corrected chi connectivity index (χ3v) is 7.99. The largest absolute Gasteiger partial charge is 0.393 e. The summed E-state index contributed by atoms with van der Waals surface area (Å²) in [6.07, 6.45) is 2.73. The standard InChI is InChI=1S/C15H24O2/c1-12(2)9(16)5-6-13(3)10-8-7-15(12,13)11(17)14(8,10)4/h8-11,16-17H,5-7H2,1-4H3/t8?,9-,10+,11-,13+,14?,15+/m0/s1. The van der Waals surface area contributed by atoms with Gasteiger partial charge in [0.2, 0.25) is 0 Å². The zero-order chi connectivity index (χ0) is 12.4. The van der Waals surface area contributed by atoms with Gasteiger partial charge in [0.05, 0.1) is 12.2 Å². The van der Waals surface area contributed by atoms with E-state index in [0.717, 1.165) is 31.1 Å². The van der Waals surface area contributed by atoms with E-state index in [2.05, 4.69) is 27.7 Å². The summed E-state index contributed by atoms with van der Waals surface area (Å²) in [7, 11) is 0. The van der Waals surface area contributed by atoms with Gasteiger partial charge in [-0.3, -0.25) is 0 Å². The van der Waals surface area contributed by atoms with Gasteiger partial charge in [0.25, 0.3) is 0 Å². The van der Waals surface area contributed by atoms with Crippen LogP contribution < -0.4 is 0 Å². The quantitative estimate of drug-likeness (QED) is 0.677. The average Bonchev–Trinajstić information content (AvgIpc) is 2.53. The Kier molecular flexibility index (Phi) is 1.49. The Morgan fingerprint density at radius 3 is 2.24 bits per heavy atom. The number of aliphatic hydroxyl groups excluding tert-OH is 2. The topological polar surface area (TPSA) is 40.5 Å². The van der Waals surface area contributed by atoms with E-state index in [4.69, 9.17) is 0 Å². The molecule has 1 spiro atoms. The molecule has 5 fully saturated rings. The molecule has 2 unspecified atom stereocenters. The van der Waals surface area contributed by atoms with Crippen molar-refractivity contribution in [3.8, 4) is 0 Å². The Morgan fingerprint density at radius 2 is 1.71 bits per heavy atom. The van der Waals surface area contributed by atoms with Gasteiger partial charge in [-0.05, 0) is 41.9 Å². The fourth-order valence-corrected chi connectivity index (χ4v) is 7.10. The van der Waals surface area contributed by atoms with Crippen LogP contribution in [0.1, 0.15) is 47.0 Å². The summed E-state index contributed by atoms with van der Waals surface area (Å²) in [5.41, 5.74) is 0.285. The van der Waals surface area contributed by atoms with Crippen LogP contribution in [-0.4, -0.2) is 22.4 Å². The molecule has 4 bridgehead atoms. The third-order valence-electron chi connectivity index (χ3n) is 7.99. The first-order valence-electron chi connectivity index (χ1n) is 7.11. The summed E-state index contributed by atoms with van der Waals surface area (Å²) >= 11 is 0. The zero-order valence-electron chi connectivity index (χ0n) is 11.3. The molecular formula is C15H24O2. The van der Waals surface area contributed by atoms with Gasteiger partial charge in [-0.2, -0.15) is 0 Å². The fourth-order valence-electron chi connectivity index (χ4n) is 7.10. The predicted molar refractivity (Wildman–Crippen MR) is 65.3 cm³/mol.